The minimum Gasteiger partial charge on any atom is -0.426 e. The number of likely N-dealkylation sites (tertiary alicyclic amines) is 2. The van der Waals surface area contributed by atoms with Crippen molar-refractivity contribution in [2.75, 3.05) is 51.2 Å². The second-order valence-electron chi connectivity index (χ2n) is 10.3. The Morgan fingerprint density at radius 2 is 1.62 bits per heavy atom. The van der Waals surface area contributed by atoms with Gasteiger partial charge in [0.05, 0.1) is 0 Å². The van der Waals surface area contributed by atoms with Gasteiger partial charge in [0.2, 0.25) is 10.9 Å². The summed E-state index contributed by atoms with van der Waals surface area (Å²) in [6.07, 6.45) is -16.0. The van der Waals surface area contributed by atoms with Crippen LogP contribution in [0.15, 0.2) is 18.2 Å². The standard InChI is InChI=1S/C23H29ClF6N4O4S/c1-31(39(36)37)18-4-6-33(7-5-18)19-3-2-17(24)8-14(19)9-32-10-15-12-34(13-16(15)11-32)21(35)38-20(22(25,26)27)23(28,29)30/h2-3,8,15-16,18,20,39H,4-7,9-13H2,1H3. The third-order valence-corrected chi connectivity index (χ3v) is 8.74. The third-order valence-electron chi connectivity index (χ3n) is 7.66. The van der Waals surface area contributed by atoms with E-state index in [0.29, 0.717) is 50.6 Å². The molecule has 220 valence electrons. The van der Waals surface area contributed by atoms with Crippen LogP contribution in [-0.4, -0.2) is 99.4 Å². The van der Waals surface area contributed by atoms with E-state index in [1.807, 2.05) is 12.1 Å². The van der Waals surface area contributed by atoms with Crippen LogP contribution in [0.1, 0.15) is 18.4 Å². The number of rotatable bonds is 6. The molecule has 0 spiro atoms. The van der Waals surface area contributed by atoms with Crippen molar-refractivity contribution < 1.29 is 44.3 Å². The van der Waals surface area contributed by atoms with Crippen LogP contribution in [0.25, 0.3) is 0 Å². The van der Waals surface area contributed by atoms with Crippen LogP contribution >= 0.6 is 11.6 Å². The SMILES string of the molecule is CN(C1CCN(c2ccc(Cl)cc2CN2CC3CN(C(=O)OC(C(F)(F)F)C(F)(F)F)CC3C2)CC1)[SH](=O)=O. The average molecular weight is 607 g/mol. The first kappa shape index (κ1) is 30.0. The van der Waals surface area contributed by atoms with Gasteiger partial charge in [0.15, 0.2) is 0 Å². The van der Waals surface area contributed by atoms with E-state index in [1.54, 1.807) is 13.1 Å². The molecule has 2 unspecified atom stereocenters. The summed E-state index contributed by atoms with van der Waals surface area (Å²) in [5, 5.41) is 0.545. The highest BCUT2D eigenvalue weighted by atomic mass is 35.5. The van der Waals surface area contributed by atoms with E-state index in [0.717, 1.165) is 16.2 Å². The Balaban J connectivity index is 1.35. The maximum absolute atomic E-state index is 12.8. The third kappa shape index (κ3) is 7.03. The van der Waals surface area contributed by atoms with Crippen LogP contribution in [0, 0.1) is 11.8 Å². The van der Waals surface area contributed by atoms with Crippen LogP contribution in [0.2, 0.25) is 5.02 Å². The minimum absolute atomic E-state index is 0.00778. The molecule has 0 aliphatic carbocycles. The van der Waals surface area contributed by atoms with Gasteiger partial charge in [0.25, 0.3) is 6.10 Å². The summed E-state index contributed by atoms with van der Waals surface area (Å²) in [5.74, 6) is -0.230. The van der Waals surface area contributed by atoms with Crippen LogP contribution in [-0.2, 0) is 22.2 Å². The largest absolute Gasteiger partial charge is 0.434 e. The van der Waals surface area contributed by atoms with E-state index in [1.165, 1.54) is 4.31 Å². The number of benzene rings is 1. The number of halogens is 7. The second-order valence-corrected chi connectivity index (χ2v) is 11.8. The van der Waals surface area contributed by atoms with Gasteiger partial charge in [0.1, 0.15) is 0 Å². The lowest BCUT2D eigenvalue weighted by Crippen LogP contribution is -2.48. The molecule has 0 saturated carbocycles. The number of hydrogen-bond donors (Lipinski definition) is 1. The maximum Gasteiger partial charge on any atom is 0.434 e. The number of nitrogens with zero attached hydrogens (tertiary/aromatic N) is 4. The van der Waals surface area contributed by atoms with Crippen molar-refractivity contribution in [1.82, 2.24) is 14.1 Å². The summed E-state index contributed by atoms with van der Waals surface area (Å²) in [5.41, 5.74) is 1.93. The van der Waals surface area contributed by atoms with Gasteiger partial charge in [-0.05, 0) is 48.4 Å². The average Bonchev–Trinajstić information content (AvgIpc) is 3.39. The molecule has 8 nitrogen and oxygen atoms in total. The molecule has 3 heterocycles. The molecular formula is C23H29ClF6N4O4S. The number of piperidine rings is 1. The number of anilines is 1. The van der Waals surface area contributed by atoms with Crippen molar-refractivity contribution in [3.63, 3.8) is 0 Å². The molecule has 0 N–H and O–H groups in total. The Kier molecular flexibility index (Phi) is 8.84. The van der Waals surface area contributed by atoms with Gasteiger partial charge >= 0.3 is 18.4 Å². The fourth-order valence-electron chi connectivity index (χ4n) is 5.71. The quantitative estimate of drug-likeness (QED) is 0.393. The van der Waals surface area contributed by atoms with Gasteiger partial charge < -0.3 is 14.5 Å². The number of thiol groups is 1. The van der Waals surface area contributed by atoms with Crippen LogP contribution in [0.3, 0.4) is 0 Å². The number of amides is 1. The van der Waals surface area contributed by atoms with E-state index >= 15 is 0 Å². The lowest BCUT2D eigenvalue weighted by atomic mass is 10.0. The summed E-state index contributed by atoms with van der Waals surface area (Å²) < 4.78 is 104. The van der Waals surface area contributed by atoms with Crippen LogP contribution < -0.4 is 4.90 Å². The lowest BCUT2D eigenvalue weighted by molar-refractivity contribution is -0.308. The highest BCUT2D eigenvalue weighted by molar-refractivity contribution is 7.69. The van der Waals surface area contributed by atoms with Crippen LogP contribution in [0.4, 0.5) is 36.8 Å². The van der Waals surface area contributed by atoms with E-state index in [-0.39, 0.29) is 31.0 Å². The monoisotopic (exact) mass is 606 g/mol. The van der Waals surface area contributed by atoms with E-state index in [2.05, 4.69) is 14.5 Å². The van der Waals surface area contributed by atoms with Gasteiger partial charge in [0, 0.05) is 69.6 Å². The number of alkyl halides is 6. The van der Waals surface area contributed by atoms with Gasteiger partial charge in [-0.25, -0.2) is 17.5 Å². The molecule has 3 aliphatic heterocycles. The maximum atomic E-state index is 12.8. The number of hydrogen-bond acceptors (Lipinski definition) is 6. The molecule has 16 heteroatoms. The second kappa shape index (κ2) is 11.5. The molecule has 3 fully saturated rings. The predicted molar refractivity (Wildman–Crippen MR) is 131 cm³/mol. The molecule has 0 bridgehead atoms. The summed E-state index contributed by atoms with van der Waals surface area (Å²) in [6, 6.07) is 5.50. The molecule has 1 aromatic carbocycles. The molecule has 3 saturated heterocycles. The topological polar surface area (TPSA) is 73.4 Å². The zero-order chi connectivity index (χ0) is 28.7. The van der Waals surface area contributed by atoms with E-state index < -0.39 is 35.4 Å². The number of fused-ring (bicyclic) bond motifs is 1. The Hall–Kier alpha value is -1.97. The molecule has 2 atom stereocenters. The first-order chi connectivity index (χ1) is 18.1. The summed E-state index contributed by atoms with van der Waals surface area (Å²) in [4.78, 5) is 17.4. The Morgan fingerprint density at radius 3 is 2.13 bits per heavy atom. The van der Waals surface area contributed by atoms with Gasteiger partial charge in [-0.15, -0.1) is 0 Å². The van der Waals surface area contributed by atoms with E-state index in [9.17, 15) is 39.6 Å². The fourth-order valence-corrected chi connectivity index (χ4v) is 6.40. The van der Waals surface area contributed by atoms with Crippen LogP contribution in [0.5, 0.6) is 0 Å². The molecule has 0 radical (unpaired) electrons. The molecule has 39 heavy (non-hydrogen) atoms. The predicted octanol–water partition coefficient (Wildman–Crippen LogP) is 3.76. The molecule has 1 aromatic rings. The van der Waals surface area contributed by atoms with Crippen molar-refractivity contribution in [2.45, 2.75) is 43.9 Å². The zero-order valence-corrected chi connectivity index (χ0v) is 22.6. The van der Waals surface area contributed by atoms with Crippen molar-refractivity contribution in [3.05, 3.63) is 28.8 Å². The van der Waals surface area contributed by atoms with E-state index in [4.69, 9.17) is 11.6 Å². The number of ether oxygens (including phenoxy) is 1. The van der Waals surface area contributed by atoms with Crippen molar-refractivity contribution in [3.8, 4) is 0 Å². The summed E-state index contributed by atoms with van der Waals surface area (Å²) in [7, 11) is -1.08. The van der Waals surface area contributed by atoms with Gasteiger partial charge in [-0.3, -0.25) is 4.90 Å². The molecule has 4 rings (SSSR count). The van der Waals surface area contributed by atoms with Crippen molar-refractivity contribution in [1.29, 1.82) is 0 Å². The Bertz CT molecular complexity index is 1090. The first-order valence-electron chi connectivity index (χ1n) is 12.3. The normalized spacial score (nSPS) is 23.4. The molecule has 0 aromatic heterocycles. The number of carbonyl (C=O) groups excluding carboxylic acids is 1. The lowest BCUT2D eigenvalue weighted by Gasteiger charge is -2.37. The molecular weight excluding hydrogens is 578 g/mol. The minimum atomic E-state index is -5.75. The first-order valence-corrected chi connectivity index (χ1v) is 13.9. The van der Waals surface area contributed by atoms with Crippen molar-refractivity contribution in [2.24, 2.45) is 11.8 Å². The van der Waals surface area contributed by atoms with Crippen molar-refractivity contribution >= 4 is 34.3 Å². The Morgan fingerprint density at radius 1 is 1.05 bits per heavy atom. The summed E-state index contributed by atoms with van der Waals surface area (Å²) >= 11 is 6.27. The highest BCUT2D eigenvalue weighted by Gasteiger charge is 2.60. The summed E-state index contributed by atoms with van der Waals surface area (Å²) in [6.45, 7) is 2.86. The zero-order valence-electron chi connectivity index (χ0n) is 20.9. The smallest absolute Gasteiger partial charge is 0.426 e. The van der Waals surface area contributed by atoms with Gasteiger partial charge in [-0.2, -0.15) is 26.3 Å². The highest BCUT2D eigenvalue weighted by Crippen LogP contribution is 2.38. The molecule has 3 aliphatic rings. The fraction of sp³-hybridized carbons (Fsp3) is 0.696. The molecule has 1 amide bonds. The van der Waals surface area contributed by atoms with Gasteiger partial charge in [-0.1, -0.05) is 11.6 Å². The Labute approximate surface area is 228 Å². The number of carbonyl (C=O) groups is 1.